The normalized spacial score (nSPS) is 15.8. The minimum Gasteiger partial charge on any atom is -0.480 e. The van der Waals surface area contributed by atoms with Gasteiger partial charge < -0.3 is 15.7 Å². The molecule has 0 saturated carbocycles. The van der Waals surface area contributed by atoms with Gasteiger partial charge in [0.25, 0.3) is 0 Å². The molecule has 0 spiro atoms. The zero-order valence-electron chi connectivity index (χ0n) is 11.2. The van der Waals surface area contributed by atoms with Gasteiger partial charge in [0, 0.05) is 19.6 Å². The summed E-state index contributed by atoms with van der Waals surface area (Å²) in [7, 11) is 0. The van der Waals surface area contributed by atoms with E-state index in [0.717, 1.165) is 13.1 Å². The van der Waals surface area contributed by atoms with Crippen molar-refractivity contribution in [1.29, 1.82) is 0 Å². The Kier molecular flexibility index (Phi) is 5.97. The highest BCUT2D eigenvalue weighted by Gasteiger charge is 2.30. The van der Waals surface area contributed by atoms with Crippen molar-refractivity contribution in [3.8, 4) is 0 Å². The number of hydrogen-bond acceptors (Lipinski definition) is 3. The Morgan fingerprint density at radius 2 is 1.62 bits per heavy atom. The van der Waals surface area contributed by atoms with Crippen LogP contribution >= 0.6 is 0 Å². The number of carboxylic acids is 1. The highest BCUT2D eigenvalue weighted by Crippen LogP contribution is 2.09. The number of carboxylic acid groups (broad SMARTS) is 1. The predicted octanol–water partition coefficient (Wildman–Crippen LogP) is 1.40. The topological polar surface area (TPSA) is 66.6 Å². The second-order valence-corrected chi connectivity index (χ2v) is 5.70. The van der Waals surface area contributed by atoms with Crippen LogP contribution in [0.5, 0.6) is 0 Å². The first-order valence-electron chi connectivity index (χ1n) is 5.89. The minimum absolute atomic E-state index is 0.401. The van der Waals surface area contributed by atoms with E-state index in [1.165, 1.54) is 0 Å². The quantitative estimate of drug-likeness (QED) is 0.694. The molecule has 0 bridgehead atoms. The molecule has 0 aromatic carbocycles. The van der Waals surface area contributed by atoms with Crippen molar-refractivity contribution in [2.75, 3.05) is 19.6 Å². The monoisotopic (exact) mass is 230 g/mol. The van der Waals surface area contributed by atoms with Crippen LogP contribution in [-0.2, 0) is 4.79 Å². The second kappa shape index (κ2) is 6.21. The van der Waals surface area contributed by atoms with Crippen LogP contribution in [0.1, 0.15) is 34.6 Å². The lowest BCUT2D eigenvalue weighted by Gasteiger charge is -2.31. The first kappa shape index (κ1) is 15.4. The maximum Gasteiger partial charge on any atom is 0.324 e. The molecular weight excluding hydrogens is 204 g/mol. The number of nitrogens with zero attached hydrogens (tertiary/aromatic N) is 1. The molecule has 1 atom stereocenters. The SMILES string of the molecule is CC(C)CN(CC(C)C)CC(C)(N)C(=O)O. The molecule has 0 amide bonds. The highest BCUT2D eigenvalue weighted by atomic mass is 16.4. The summed E-state index contributed by atoms with van der Waals surface area (Å²) in [5.74, 6) is 0.0942. The molecule has 0 aromatic rings. The van der Waals surface area contributed by atoms with Crippen LogP contribution in [0, 0.1) is 11.8 Å². The van der Waals surface area contributed by atoms with Gasteiger partial charge in [-0.3, -0.25) is 4.79 Å². The molecule has 4 nitrogen and oxygen atoms in total. The van der Waals surface area contributed by atoms with E-state index in [0.29, 0.717) is 18.4 Å². The number of hydrogen-bond donors (Lipinski definition) is 2. The molecule has 1 unspecified atom stereocenters. The van der Waals surface area contributed by atoms with Crippen LogP contribution in [0.4, 0.5) is 0 Å². The van der Waals surface area contributed by atoms with Crippen molar-refractivity contribution in [3.63, 3.8) is 0 Å². The Labute approximate surface area is 98.8 Å². The molecule has 0 radical (unpaired) electrons. The number of aliphatic carboxylic acids is 1. The molecule has 0 aliphatic rings. The fraction of sp³-hybridized carbons (Fsp3) is 0.917. The molecule has 0 rings (SSSR count). The average Bonchev–Trinajstić information content (AvgIpc) is 1.99. The lowest BCUT2D eigenvalue weighted by Crippen LogP contribution is -2.54. The molecule has 0 aromatic heterocycles. The maximum absolute atomic E-state index is 11.0. The fourth-order valence-electron chi connectivity index (χ4n) is 1.77. The lowest BCUT2D eigenvalue weighted by molar-refractivity contribution is -0.143. The Hall–Kier alpha value is -0.610. The van der Waals surface area contributed by atoms with Crippen molar-refractivity contribution >= 4 is 5.97 Å². The first-order valence-corrected chi connectivity index (χ1v) is 5.89. The molecule has 16 heavy (non-hydrogen) atoms. The van der Waals surface area contributed by atoms with Gasteiger partial charge in [-0.15, -0.1) is 0 Å². The summed E-state index contributed by atoms with van der Waals surface area (Å²) in [6.45, 7) is 12.3. The van der Waals surface area contributed by atoms with E-state index in [2.05, 4.69) is 32.6 Å². The molecule has 0 aliphatic heterocycles. The van der Waals surface area contributed by atoms with Gasteiger partial charge in [0.15, 0.2) is 0 Å². The zero-order valence-corrected chi connectivity index (χ0v) is 11.2. The van der Waals surface area contributed by atoms with Crippen LogP contribution in [0.3, 0.4) is 0 Å². The second-order valence-electron chi connectivity index (χ2n) is 5.70. The summed E-state index contributed by atoms with van der Waals surface area (Å²) in [6, 6.07) is 0. The van der Waals surface area contributed by atoms with E-state index in [1.54, 1.807) is 6.92 Å². The average molecular weight is 230 g/mol. The van der Waals surface area contributed by atoms with Crippen LogP contribution in [-0.4, -0.2) is 41.1 Å². The van der Waals surface area contributed by atoms with E-state index in [9.17, 15) is 4.79 Å². The Morgan fingerprint density at radius 1 is 1.25 bits per heavy atom. The summed E-state index contributed by atoms with van der Waals surface area (Å²) in [5.41, 5.74) is 4.61. The van der Waals surface area contributed by atoms with Gasteiger partial charge in [-0.2, -0.15) is 0 Å². The van der Waals surface area contributed by atoms with Gasteiger partial charge in [-0.05, 0) is 18.8 Å². The van der Waals surface area contributed by atoms with Gasteiger partial charge in [-0.25, -0.2) is 0 Å². The van der Waals surface area contributed by atoms with E-state index in [-0.39, 0.29) is 0 Å². The first-order chi connectivity index (χ1) is 7.15. The third-order valence-electron chi connectivity index (χ3n) is 2.29. The van der Waals surface area contributed by atoms with Crippen molar-refractivity contribution in [2.45, 2.75) is 40.2 Å². The number of carbonyl (C=O) groups is 1. The van der Waals surface area contributed by atoms with Gasteiger partial charge >= 0.3 is 5.97 Å². The van der Waals surface area contributed by atoms with Crippen LogP contribution in [0.25, 0.3) is 0 Å². The fourth-order valence-corrected chi connectivity index (χ4v) is 1.77. The molecule has 96 valence electrons. The van der Waals surface area contributed by atoms with Crippen LogP contribution in [0.2, 0.25) is 0 Å². The molecule has 0 aliphatic carbocycles. The summed E-state index contributed by atoms with van der Waals surface area (Å²) in [6.07, 6.45) is 0. The maximum atomic E-state index is 11.0. The van der Waals surface area contributed by atoms with Crippen molar-refractivity contribution in [3.05, 3.63) is 0 Å². The van der Waals surface area contributed by atoms with Gasteiger partial charge in [0.2, 0.25) is 0 Å². The molecule has 0 heterocycles. The van der Waals surface area contributed by atoms with E-state index >= 15 is 0 Å². The number of nitrogens with two attached hydrogens (primary N) is 1. The summed E-state index contributed by atoms with van der Waals surface area (Å²) >= 11 is 0. The third kappa shape index (κ3) is 6.08. The third-order valence-corrected chi connectivity index (χ3v) is 2.29. The summed E-state index contributed by atoms with van der Waals surface area (Å²) in [5, 5.41) is 9.01. The van der Waals surface area contributed by atoms with Crippen LogP contribution < -0.4 is 5.73 Å². The Morgan fingerprint density at radius 3 is 1.88 bits per heavy atom. The Bertz CT molecular complexity index is 215. The molecule has 3 N–H and O–H groups in total. The Balaban J connectivity index is 4.47. The molecule has 0 fully saturated rings. The highest BCUT2D eigenvalue weighted by molar-refractivity contribution is 5.78. The van der Waals surface area contributed by atoms with Crippen molar-refractivity contribution in [2.24, 2.45) is 17.6 Å². The number of rotatable bonds is 7. The van der Waals surface area contributed by atoms with Crippen molar-refractivity contribution in [1.82, 2.24) is 4.90 Å². The lowest BCUT2D eigenvalue weighted by atomic mass is 10.0. The molecule has 4 heteroatoms. The predicted molar refractivity (Wildman–Crippen MR) is 66.3 cm³/mol. The molecule has 0 saturated heterocycles. The van der Waals surface area contributed by atoms with Gasteiger partial charge in [0.05, 0.1) is 0 Å². The van der Waals surface area contributed by atoms with Crippen LogP contribution in [0.15, 0.2) is 0 Å². The van der Waals surface area contributed by atoms with E-state index in [4.69, 9.17) is 10.8 Å². The summed E-state index contributed by atoms with van der Waals surface area (Å²) in [4.78, 5) is 13.1. The van der Waals surface area contributed by atoms with E-state index < -0.39 is 11.5 Å². The van der Waals surface area contributed by atoms with E-state index in [1.807, 2.05) is 0 Å². The largest absolute Gasteiger partial charge is 0.480 e. The standard InChI is InChI=1S/C12H26N2O2/c1-9(2)6-14(7-10(3)4)8-12(5,13)11(15)16/h9-10H,6-8,13H2,1-5H3,(H,15,16). The summed E-state index contributed by atoms with van der Waals surface area (Å²) < 4.78 is 0. The van der Waals surface area contributed by atoms with Gasteiger partial charge in [0.1, 0.15) is 5.54 Å². The molecular formula is C12H26N2O2. The smallest absolute Gasteiger partial charge is 0.324 e. The van der Waals surface area contributed by atoms with Crippen molar-refractivity contribution < 1.29 is 9.90 Å². The van der Waals surface area contributed by atoms with Gasteiger partial charge in [-0.1, -0.05) is 27.7 Å². The zero-order chi connectivity index (χ0) is 12.9. The minimum atomic E-state index is -1.16.